The number of carbonyl (C=O) groups excluding carboxylic acids is 1. The van der Waals surface area contributed by atoms with E-state index in [9.17, 15) is 13.2 Å². The summed E-state index contributed by atoms with van der Waals surface area (Å²) in [6, 6.07) is 6.99. The van der Waals surface area contributed by atoms with Crippen molar-refractivity contribution < 1.29 is 13.2 Å². The smallest absolute Gasteiger partial charge is 0.267 e. The molecule has 0 atom stereocenters. The second-order valence-corrected chi connectivity index (χ2v) is 6.72. The standard InChI is InChI=1S/C14H14ClN3O3S/c1-10(12-5-3-4-6-13(12)15)7-14(19)17-22(20,21)11-8-16-18(2)9-11/h3-9H,1-2H3,(H,17,19)/b10-7+. The molecule has 0 aliphatic rings. The van der Waals surface area contributed by atoms with Crippen LogP contribution < -0.4 is 4.72 Å². The topological polar surface area (TPSA) is 81.1 Å². The van der Waals surface area contributed by atoms with E-state index in [4.69, 9.17) is 11.6 Å². The zero-order chi connectivity index (χ0) is 16.3. The lowest BCUT2D eigenvalue weighted by Gasteiger charge is -2.05. The third kappa shape index (κ3) is 3.75. The third-order valence-corrected chi connectivity index (χ3v) is 4.50. The van der Waals surface area contributed by atoms with E-state index in [1.54, 1.807) is 38.2 Å². The van der Waals surface area contributed by atoms with Crippen molar-refractivity contribution in [2.75, 3.05) is 0 Å². The second kappa shape index (κ2) is 6.33. The molecule has 0 aliphatic heterocycles. The van der Waals surface area contributed by atoms with Gasteiger partial charge in [-0.1, -0.05) is 29.8 Å². The average molecular weight is 340 g/mol. The Kier molecular flexibility index (Phi) is 4.68. The minimum absolute atomic E-state index is 0.0767. The van der Waals surface area contributed by atoms with Crippen LogP contribution in [0.2, 0.25) is 5.02 Å². The minimum Gasteiger partial charge on any atom is -0.274 e. The number of amides is 1. The van der Waals surface area contributed by atoms with Crippen molar-refractivity contribution in [2.45, 2.75) is 11.8 Å². The fourth-order valence-electron chi connectivity index (χ4n) is 1.81. The van der Waals surface area contributed by atoms with Crippen LogP contribution in [-0.2, 0) is 21.9 Å². The van der Waals surface area contributed by atoms with Crippen LogP contribution >= 0.6 is 11.6 Å². The Morgan fingerprint density at radius 1 is 1.36 bits per heavy atom. The molecule has 2 rings (SSSR count). The molecule has 1 aromatic carbocycles. The van der Waals surface area contributed by atoms with Crippen LogP contribution in [0.3, 0.4) is 0 Å². The number of carbonyl (C=O) groups is 1. The maximum Gasteiger partial charge on any atom is 0.267 e. The first kappa shape index (κ1) is 16.3. The van der Waals surface area contributed by atoms with E-state index in [1.807, 2.05) is 4.72 Å². The highest BCUT2D eigenvalue weighted by atomic mass is 35.5. The molecule has 8 heteroatoms. The average Bonchev–Trinajstić information content (AvgIpc) is 2.86. The maximum atomic E-state index is 12.0. The van der Waals surface area contributed by atoms with Crippen LogP contribution in [0.1, 0.15) is 12.5 Å². The summed E-state index contributed by atoms with van der Waals surface area (Å²) in [4.78, 5) is 11.8. The molecule has 2 aromatic rings. The van der Waals surface area contributed by atoms with E-state index in [2.05, 4.69) is 5.10 Å². The Bertz CT molecular complexity index is 841. The quantitative estimate of drug-likeness (QED) is 0.864. The molecule has 1 aromatic heterocycles. The highest BCUT2D eigenvalue weighted by molar-refractivity contribution is 7.90. The largest absolute Gasteiger partial charge is 0.274 e. The molecule has 6 nitrogen and oxygen atoms in total. The molecule has 0 radical (unpaired) electrons. The first-order valence-electron chi connectivity index (χ1n) is 6.28. The lowest BCUT2D eigenvalue weighted by Crippen LogP contribution is -2.29. The van der Waals surface area contributed by atoms with Crippen molar-refractivity contribution in [2.24, 2.45) is 7.05 Å². The zero-order valence-corrected chi connectivity index (χ0v) is 13.5. The van der Waals surface area contributed by atoms with Crippen molar-refractivity contribution in [3.8, 4) is 0 Å². The van der Waals surface area contributed by atoms with Gasteiger partial charge in [-0.15, -0.1) is 0 Å². The second-order valence-electron chi connectivity index (χ2n) is 4.63. The molecule has 0 bridgehead atoms. The van der Waals surface area contributed by atoms with Gasteiger partial charge in [0.25, 0.3) is 15.9 Å². The maximum absolute atomic E-state index is 12.0. The van der Waals surface area contributed by atoms with E-state index in [1.165, 1.54) is 23.2 Å². The number of halogens is 1. The third-order valence-electron chi connectivity index (χ3n) is 2.87. The molecular weight excluding hydrogens is 326 g/mol. The van der Waals surface area contributed by atoms with Gasteiger partial charge in [-0.05, 0) is 24.1 Å². The first-order chi connectivity index (χ1) is 10.3. The van der Waals surface area contributed by atoms with E-state index >= 15 is 0 Å². The molecule has 116 valence electrons. The summed E-state index contributed by atoms with van der Waals surface area (Å²) >= 11 is 6.03. The van der Waals surface area contributed by atoms with Gasteiger partial charge in [0.1, 0.15) is 4.90 Å². The normalized spacial score (nSPS) is 12.2. The monoisotopic (exact) mass is 339 g/mol. The number of nitrogens with zero attached hydrogens (tertiary/aromatic N) is 2. The fraction of sp³-hybridized carbons (Fsp3) is 0.143. The summed E-state index contributed by atoms with van der Waals surface area (Å²) in [5, 5.41) is 4.25. The van der Waals surface area contributed by atoms with Crippen molar-refractivity contribution in [1.29, 1.82) is 0 Å². The SMILES string of the molecule is C/C(=C\C(=O)NS(=O)(=O)c1cnn(C)c1)c1ccccc1Cl. The van der Waals surface area contributed by atoms with Gasteiger partial charge < -0.3 is 0 Å². The number of benzene rings is 1. The number of aryl methyl sites for hydroxylation is 1. The molecule has 0 saturated carbocycles. The van der Waals surface area contributed by atoms with Gasteiger partial charge >= 0.3 is 0 Å². The minimum atomic E-state index is -3.94. The summed E-state index contributed by atoms with van der Waals surface area (Å²) in [5.41, 5.74) is 1.22. The summed E-state index contributed by atoms with van der Waals surface area (Å²) in [6.07, 6.45) is 3.66. The van der Waals surface area contributed by atoms with Crippen LogP contribution in [-0.4, -0.2) is 24.1 Å². The Labute approximate surface area is 133 Å². The number of sulfonamides is 1. The number of rotatable bonds is 4. The Hall–Kier alpha value is -2.12. The molecule has 0 unspecified atom stereocenters. The van der Waals surface area contributed by atoms with Gasteiger partial charge in [0.05, 0.1) is 6.20 Å². The number of aromatic nitrogens is 2. The van der Waals surface area contributed by atoms with Gasteiger partial charge in [0.15, 0.2) is 0 Å². The van der Waals surface area contributed by atoms with Gasteiger partial charge in [-0.2, -0.15) is 5.10 Å². The summed E-state index contributed by atoms with van der Waals surface area (Å²) in [5.74, 6) is -0.749. The van der Waals surface area contributed by atoms with E-state index in [0.29, 0.717) is 16.2 Å². The van der Waals surface area contributed by atoms with E-state index in [0.717, 1.165) is 0 Å². The van der Waals surface area contributed by atoms with Gasteiger partial charge in [-0.3, -0.25) is 9.48 Å². The molecule has 22 heavy (non-hydrogen) atoms. The Balaban J connectivity index is 2.19. The molecule has 1 amide bonds. The number of hydrogen-bond acceptors (Lipinski definition) is 4. The molecule has 1 heterocycles. The number of hydrogen-bond donors (Lipinski definition) is 1. The van der Waals surface area contributed by atoms with Crippen molar-refractivity contribution in [3.63, 3.8) is 0 Å². The molecule has 0 spiro atoms. The summed E-state index contributed by atoms with van der Waals surface area (Å²) in [6.45, 7) is 1.68. The van der Waals surface area contributed by atoms with Crippen LogP contribution in [0, 0.1) is 0 Å². The Morgan fingerprint density at radius 3 is 2.64 bits per heavy atom. The van der Waals surface area contributed by atoms with Crippen molar-refractivity contribution in [1.82, 2.24) is 14.5 Å². The van der Waals surface area contributed by atoms with Gasteiger partial charge in [0, 0.05) is 24.3 Å². The molecular formula is C14H14ClN3O3S. The highest BCUT2D eigenvalue weighted by Gasteiger charge is 2.18. The number of nitrogens with one attached hydrogen (secondary N) is 1. The predicted octanol–water partition coefficient (Wildman–Crippen LogP) is 1.98. The first-order valence-corrected chi connectivity index (χ1v) is 8.14. The predicted molar refractivity (Wildman–Crippen MR) is 83.6 cm³/mol. The molecule has 0 saturated heterocycles. The lowest BCUT2D eigenvalue weighted by molar-refractivity contribution is -0.114. The van der Waals surface area contributed by atoms with Gasteiger partial charge in [-0.25, -0.2) is 13.1 Å². The van der Waals surface area contributed by atoms with Crippen LogP contribution in [0.25, 0.3) is 5.57 Å². The summed E-state index contributed by atoms with van der Waals surface area (Å²) in [7, 11) is -2.35. The Morgan fingerprint density at radius 2 is 2.05 bits per heavy atom. The molecule has 0 fully saturated rings. The number of allylic oxidation sites excluding steroid dienone is 1. The van der Waals surface area contributed by atoms with E-state index in [-0.39, 0.29) is 4.90 Å². The van der Waals surface area contributed by atoms with Crippen LogP contribution in [0.15, 0.2) is 47.6 Å². The van der Waals surface area contributed by atoms with Crippen molar-refractivity contribution >= 4 is 33.1 Å². The zero-order valence-electron chi connectivity index (χ0n) is 11.9. The summed E-state index contributed by atoms with van der Waals surface area (Å²) < 4.78 is 27.3. The fourth-order valence-corrected chi connectivity index (χ4v) is 3.02. The van der Waals surface area contributed by atoms with Crippen LogP contribution in [0.4, 0.5) is 0 Å². The van der Waals surface area contributed by atoms with E-state index < -0.39 is 15.9 Å². The molecule has 1 N–H and O–H groups in total. The molecule has 0 aliphatic carbocycles. The van der Waals surface area contributed by atoms with Gasteiger partial charge in [0.2, 0.25) is 0 Å². The highest BCUT2D eigenvalue weighted by Crippen LogP contribution is 2.22. The van der Waals surface area contributed by atoms with Crippen LogP contribution in [0.5, 0.6) is 0 Å². The van der Waals surface area contributed by atoms with Crippen molar-refractivity contribution in [3.05, 3.63) is 53.3 Å². The lowest BCUT2D eigenvalue weighted by atomic mass is 10.1.